The number of H-pyrrole nitrogens is 1. The lowest BCUT2D eigenvalue weighted by molar-refractivity contribution is 0.0475. The number of carbonyl (C=O) groups is 2. The van der Waals surface area contributed by atoms with Crippen molar-refractivity contribution in [2.75, 3.05) is 6.61 Å². The van der Waals surface area contributed by atoms with Crippen LogP contribution in [0.3, 0.4) is 0 Å². The lowest BCUT2D eigenvalue weighted by Crippen LogP contribution is -2.14. The van der Waals surface area contributed by atoms with Crippen molar-refractivity contribution >= 4 is 34.3 Å². The van der Waals surface area contributed by atoms with E-state index in [2.05, 4.69) is 4.98 Å². The number of nitrogens with one attached hydrogen (secondary N) is 1. The van der Waals surface area contributed by atoms with Gasteiger partial charge in [-0.1, -0.05) is 29.8 Å². The van der Waals surface area contributed by atoms with Crippen LogP contribution in [0.2, 0.25) is 5.02 Å². The summed E-state index contributed by atoms with van der Waals surface area (Å²) in [6.07, 6.45) is 1.52. The van der Waals surface area contributed by atoms with Gasteiger partial charge in [0.15, 0.2) is 18.2 Å². The summed E-state index contributed by atoms with van der Waals surface area (Å²) in [7, 11) is 0. The van der Waals surface area contributed by atoms with Crippen LogP contribution in [0.4, 0.5) is 8.78 Å². The first-order chi connectivity index (χ1) is 11.5. The number of hydrogen-bond acceptors (Lipinski definition) is 3. The minimum Gasteiger partial charge on any atom is -0.454 e. The van der Waals surface area contributed by atoms with Crippen molar-refractivity contribution in [1.82, 2.24) is 4.98 Å². The van der Waals surface area contributed by atoms with Crippen LogP contribution >= 0.6 is 11.6 Å². The average molecular weight is 350 g/mol. The van der Waals surface area contributed by atoms with Gasteiger partial charge in [0.25, 0.3) is 0 Å². The summed E-state index contributed by atoms with van der Waals surface area (Å²) in [4.78, 5) is 27.0. The van der Waals surface area contributed by atoms with Crippen LogP contribution in [0, 0.1) is 11.6 Å². The van der Waals surface area contributed by atoms with E-state index in [1.165, 1.54) is 6.20 Å². The molecule has 122 valence electrons. The fraction of sp³-hybridized carbons (Fsp3) is 0.0588. The molecule has 0 unspecified atom stereocenters. The molecule has 4 nitrogen and oxygen atoms in total. The van der Waals surface area contributed by atoms with E-state index in [1.54, 1.807) is 18.2 Å². The number of para-hydroxylation sites is 1. The summed E-state index contributed by atoms with van der Waals surface area (Å²) in [6, 6.07) is 8.47. The first-order valence-corrected chi connectivity index (χ1v) is 7.26. The maximum atomic E-state index is 13.2. The monoisotopic (exact) mass is 349 g/mol. The Kier molecular flexibility index (Phi) is 4.31. The Morgan fingerprint density at radius 1 is 1.08 bits per heavy atom. The predicted molar refractivity (Wildman–Crippen MR) is 84.3 cm³/mol. The van der Waals surface area contributed by atoms with Crippen LogP contribution in [0.1, 0.15) is 20.7 Å². The highest BCUT2D eigenvalue weighted by molar-refractivity contribution is 6.33. The molecule has 3 aromatic rings. The number of rotatable bonds is 4. The molecule has 0 saturated heterocycles. The summed E-state index contributed by atoms with van der Waals surface area (Å²) < 4.78 is 31.1. The molecular formula is C17H10ClF2NO3. The van der Waals surface area contributed by atoms with Gasteiger partial charge in [-0.25, -0.2) is 13.6 Å². The zero-order valence-corrected chi connectivity index (χ0v) is 12.9. The molecule has 0 spiro atoms. The van der Waals surface area contributed by atoms with E-state index < -0.39 is 30.0 Å². The molecule has 0 atom stereocenters. The van der Waals surface area contributed by atoms with Crippen LogP contribution in [-0.4, -0.2) is 23.3 Å². The Hall–Kier alpha value is -2.73. The molecule has 7 heteroatoms. The van der Waals surface area contributed by atoms with E-state index >= 15 is 0 Å². The fourth-order valence-corrected chi connectivity index (χ4v) is 2.50. The second-order valence-electron chi connectivity index (χ2n) is 4.99. The van der Waals surface area contributed by atoms with Gasteiger partial charge in [0, 0.05) is 22.7 Å². The molecule has 0 radical (unpaired) electrons. The number of fused-ring (bicyclic) bond motifs is 1. The zero-order valence-electron chi connectivity index (χ0n) is 12.1. The van der Waals surface area contributed by atoms with Gasteiger partial charge in [0.1, 0.15) is 0 Å². The molecule has 1 N–H and O–H groups in total. The summed E-state index contributed by atoms with van der Waals surface area (Å²) in [5.41, 5.74) is 0.799. The van der Waals surface area contributed by atoms with Crippen molar-refractivity contribution < 1.29 is 23.1 Å². The summed E-state index contributed by atoms with van der Waals surface area (Å²) in [5.74, 6) is -3.84. The number of Topliss-reactive ketones (excluding diaryl/α,β-unsaturated/α-hetero) is 1. The van der Waals surface area contributed by atoms with Crippen molar-refractivity contribution in [2.45, 2.75) is 0 Å². The third-order valence-electron chi connectivity index (χ3n) is 3.45. The predicted octanol–water partition coefficient (Wildman–Crippen LogP) is 4.14. The number of aromatic nitrogens is 1. The number of ketones is 1. The molecule has 0 bridgehead atoms. The standard InChI is InChI=1S/C17H10ClF2NO3/c18-12-6-14(20)13(19)5-10(12)17(23)24-8-16(22)11-7-21-15-4-2-1-3-9(11)15/h1-7,21H,8H2. The first-order valence-electron chi connectivity index (χ1n) is 6.88. The molecule has 0 aliphatic carbocycles. The second-order valence-corrected chi connectivity index (χ2v) is 5.40. The van der Waals surface area contributed by atoms with E-state index in [0.717, 1.165) is 5.52 Å². The Balaban J connectivity index is 1.75. The average Bonchev–Trinajstić information content (AvgIpc) is 3.00. The molecule has 0 fully saturated rings. The molecule has 0 amide bonds. The minimum atomic E-state index is -1.23. The van der Waals surface area contributed by atoms with Gasteiger partial charge >= 0.3 is 5.97 Å². The SMILES string of the molecule is O=C(OCC(=O)c1c[nH]c2ccccc12)c1cc(F)c(F)cc1Cl. The number of aromatic amines is 1. The van der Waals surface area contributed by atoms with E-state index in [0.29, 0.717) is 23.1 Å². The van der Waals surface area contributed by atoms with Crippen LogP contribution in [0.25, 0.3) is 10.9 Å². The van der Waals surface area contributed by atoms with Crippen molar-refractivity contribution in [1.29, 1.82) is 0 Å². The lowest BCUT2D eigenvalue weighted by Gasteiger charge is -2.06. The number of esters is 1. The number of carbonyl (C=O) groups excluding carboxylic acids is 2. The Labute approximate surface area is 140 Å². The van der Waals surface area contributed by atoms with Gasteiger partial charge in [-0.2, -0.15) is 0 Å². The van der Waals surface area contributed by atoms with Gasteiger partial charge in [0.05, 0.1) is 10.6 Å². The number of hydrogen-bond donors (Lipinski definition) is 1. The van der Waals surface area contributed by atoms with Crippen LogP contribution < -0.4 is 0 Å². The normalized spacial score (nSPS) is 10.8. The molecule has 1 aromatic heterocycles. The largest absolute Gasteiger partial charge is 0.454 e. The van der Waals surface area contributed by atoms with E-state index in [4.69, 9.17) is 16.3 Å². The molecular weight excluding hydrogens is 340 g/mol. The highest BCUT2D eigenvalue weighted by Gasteiger charge is 2.19. The summed E-state index contributed by atoms with van der Waals surface area (Å²) in [6.45, 7) is -0.546. The zero-order chi connectivity index (χ0) is 17.3. The van der Waals surface area contributed by atoms with E-state index in [1.807, 2.05) is 6.07 Å². The molecule has 3 rings (SSSR count). The van der Waals surface area contributed by atoms with Gasteiger partial charge in [-0.3, -0.25) is 4.79 Å². The summed E-state index contributed by atoms with van der Waals surface area (Å²) in [5, 5.41) is 0.405. The molecule has 0 aliphatic rings. The quantitative estimate of drug-likeness (QED) is 0.437. The maximum absolute atomic E-state index is 13.2. The van der Waals surface area contributed by atoms with Crippen molar-refractivity contribution in [3.05, 3.63) is 70.4 Å². The smallest absolute Gasteiger partial charge is 0.340 e. The number of benzene rings is 2. The maximum Gasteiger partial charge on any atom is 0.340 e. The van der Waals surface area contributed by atoms with Gasteiger partial charge in [-0.05, 0) is 18.2 Å². The van der Waals surface area contributed by atoms with Gasteiger partial charge in [0.2, 0.25) is 5.78 Å². The van der Waals surface area contributed by atoms with Crippen LogP contribution in [-0.2, 0) is 4.74 Å². The second kappa shape index (κ2) is 6.41. The Morgan fingerprint density at radius 2 is 1.79 bits per heavy atom. The molecule has 0 aliphatic heterocycles. The highest BCUT2D eigenvalue weighted by atomic mass is 35.5. The number of halogens is 3. The topological polar surface area (TPSA) is 59.2 Å². The molecule has 2 aromatic carbocycles. The Morgan fingerprint density at radius 3 is 2.58 bits per heavy atom. The number of ether oxygens (including phenoxy) is 1. The van der Waals surface area contributed by atoms with E-state index in [-0.39, 0.29) is 10.6 Å². The molecule has 0 saturated carbocycles. The van der Waals surface area contributed by atoms with Crippen LogP contribution in [0.15, 0.2) is 42.6 Å². The first kappa shape index (κ1) is 16.1. The van der Waals surface area contributed by atoms with Gasteiger partial charge in [-0.15, -0.1) is 0 Å². The molecule has 1 heterocycles. The summed E-state index contributed by atoms with van der Waals surface area (Å²) >= 11 is 5.69. The van der Waals surface area contributed by atoms with Gasteiger partial charge < -0.3 is 9.72 Å². The fourth-order valence-electron chi connectivity index (χ4n) is 2.27. The third-order valence-corrected chi connectivity index (χ3v) is 3.77. The third kappa shape index (κ3) is 3.00. The van der Waals surface area contributed by atoms with E-state index in [9.17, 15) is 18.4 Å². The van der Waals surface area contributed by atoms with Crippen molar-refractivity contribution in [3.63, 3.8) is 0 Å². The minimum absolute atomic E-state index is 0.293. The highest BCUT2D eigenvalue weighted by Crippen LogP contribution is 2.22. The molecule has 24 heavy (non-hydrogen) atoms. The van der Waals surface area contributed by atoms with Crippen molar-refractivity contribution in [3.8, 4) is 0 Å². The Bertz CT molecular complexity index is 952. The lowest BCUT2D eigenvalue weighted by atomic mass is 10.1. The van der Waals surface area contributed by atoms with Crippen molar-refractivity contribution in [2.24, 2.45) is 0 Å². The van der Waals surface area contributed by atoms with Crippen LogP contribution in [0.5, 0.6) is 0 Å².